The first-order chi connectivity index (χ1) is 8.34. The van der Waals surface area contributed by atoms with Crippen molar-refractivity contribution in [3.63, 3.8) is 0 Å². The van der Waals surface area contributed by atoms with Gasteiger partial charge in [-0.05, 0) is 25.0 Å². The number of hydrogen-bond donors (Lipinski definition) is 0. The van der Waals surface area contributed by atoms with Crippen LogP contribution in [0.3, 0.4) is 0 Å². The van der Waals surface area contributed by atoms with Crippen LogP contribution in [0.25, 0.3) is 0 Å². The number of carbonyl (C=O) groups is 1. The predicted molar refractivity (Wildman–Crippen MR) is 66.5 cm³/mol. The van der Waals surface area contributed by atoms with Crippen LogP contribution >= 0.6 is 0 Å². The molecule has 0 unspecified atom stereocenters. The lowest BCUT2D eigenvalue weighted by Gasteiger charge is -2.19. The molecule has 1 aliphatic rings. The Balaban J connectivity index is 1.73. The first kappa shape index (κ1) is 11.9. The van der Waals surface area contributed by atoms with Gasteiger partial charge in [-0.3, -0.25) is 4.79 Å². The van der Waals surface area contributed by atoms with E-state index in [9.17, 15) is 4.79 Å². The second-order valence-electron chi connectivity index (χ2n) is 4.22. The third-order valence-electron chi connectivity index (χ3n) is 2.89. The normalized spacial score (nSPS) is 16.4. The van der Waals surface area contributed by atoms with Crippen LogP contribution in [0.15, 0.2) is 30.3 Å². The summed E-state index contributed by atoms with van der Waals surface area (Å²) in [6.07, 6.45) is 3.25. The van der Waals surface area contributed by atoms with Crippen molar-refractivity contribution in [1.82, 2.24) is 0 Å². The lowest BCUT2D eigenvalue weighted by atomic mass is 9.97. The third kappa shape index (κ3) is 4.05. The van der Waals surface area contributed by atoms with E-state index in [1.165, 1.54) is 0 Å². The van der Waals surface area contributed by atoms with Crippen molar-refractivity contribution in [3.05, 3.63) is 35.9 Å². The van der Waals surface area contributed by atoms with E-state index in [-0.39, 0.29) is 6.10 Å². The zero-order valence-corrected chi connectivity index (χ0v) is 9.82. The van der Waals surface area contributed by atoms with Crippen molar-refractivity contribution in [2.75, 3.05) is 6.61 Å². The average molecular weight is 228 g/mol. The highest BCUT2D eigenvalue weighted by Crippen LogP contribution is 2.17. The second kappa shape index (κ2) is 6.22. The van der Waals surface area contributed by atoms with Crippen LogP contribution in [-0.2, 0) is 9.53 Å². The Hall–Kier alpha value is -1.59. The number of Topliss-reactive ketones (excluding diaryl/α,β-unsaturated/α-hetero) is 1. The minimum atomic E-state index is 0.220. The first-order valence-electron chi connectivity index (χ1n) is 6.02. The van der Waals surface area contributed by atoms with E-state index in [0.29, 0.717) is 25.2 Å². The lowest BCUT2D eigenvalue weighted by molar-refractivity contribution is -0.122. The minimum absolute atomic E-state index is 0.220. The summed E-state index contributed by atoms with van der Waals surface area (Å²) in [7, 11) is 0. The maximum absolute atomic E-state index is 11.0. The monoisotopic (exact) mass is 228 g/mol. The Morgan fingerprint density at radius 3 is 2.59 bits per heavy atom. The van der Waals surface area contributed by atoms with Crippen LogP contribution < -0.4 is 0 Å². The fourth-order valence-electron chi connectivity index (χ4n) is 1.90. The Bertz CT molecular complexity index is 415. The maximum atomic E-state index is 11.0. The summed E-state index contributed by atoms with van der Waals surface area (Å²) in [6, 6.07) is 9.87. The van der Waals surface area contributed by atoms with Crippen LogP contribution in [0.1, 0.15) is 31.2 Å². The summed E-state index contributed by atoms with van der Waals surface area (Å²) in [5.74, 6) is 6.42. The van der Waals surface area contributed by atoms with Crippen LogP contribution in [-0.4, -0.2) is 18.5 Å². The molecule has 0 bridgehead atoms. The number of ketones is 1. The molecule has 17 heavy (non-hydrogen) atoms. The molecule has 2 nitrogen and oxygen atoms in total. The molecular formula is C15H16O2. The average Bonchev–Trinajstić information content (AvgIpc) is 2.38. The van der Waals surface area contributed by atoms with Crippen LogP contribution in [0.5, 0.6) is 0 Å². The van der Waals surface area contributed by atoms with Gasteiger partial charge in [-0.1, -0.05) is 30.0 Å². The molecule has 1 aromatic rings. The number of carbonyl (C=O) groups excluding carboxylic acids is 1. The molecule has 1 aromatic carbocycles. The molecule has 0 atom stereocenters. The molecule has 88 valence electrons. The van der Waals surface area contributed by atoms with Gasteiger partial charge < -0.3 is 4.74 Å². The topological polar surface area (TPSA) is 26.3 Å². The van der Waals surface area contributed by atoms with Crippen molar-refractivity contribution in [2.45, 2.75) is 31.8 Å². The van der Waals surface area contributed by atoms with E-state index in [0.717, 1.165) is 18.4 Å². The molecule has 0 radical (unpaired) electrons. The van der Waals surface area contributed by atoms with Crippen molar-refractivity contribution in [3.8, 4) is 11.8 Å². The molecule has 2 rings (SSSR count). The van der Waals surface area contributed by atoms with Crippen molar-refractivity contribution < 1.29 is 9.53 Å². The Morgan fingerprint density at radius 2 is 1.88 bits per heavy atom. The van der Waals surface area contributed by atoms with Gasteiger partial charge in [0.05, 0.1) is 6.10 Å². The maximum Gasteiger partial charge on any atom is 0.133 e. The summed E-state index contributed by atoms with van der Waals surface area (Å²) in [5.41, 5.74) is 1.01. The molecule has 0 spiro atoms. The van der Waals surface area contributed by atoms with Crippen molar-refractivity contribution in [2.24, 2.45) is 0 Å². The standard InChI is InChI=1S/C15H16O2/c16-14-8-10-15(11-9-14)17-12-4-7-13-5-2-1-3-6-13/h1-3,5-6,15H,8-12H2. The summed E-state index contributed by atoms with van der Waals surface area (Å²) in [6.45, 7) is 0.452. The number of ether oxygens (including phenoxy) is 1. The van der Waals surface area contributed by atoms with Gasteiger partial charge in [-0.2, -0.15) is 0 Å². The van der Waals surface area contributed by atoms with E-state index in [2.05, 4.69) is 11.8 Å². The van der Waals surface area contributed by atoms with Gasteiger partial charge >= 0.3 is 0 Å². The lowest BCUT2D eigenvalue weighted by Crippen LogP contribution is -2.21. The molecular weight excluding hydrogens is 212 g/mol. The summed E-state index contributed by atoms with van der Waals surface area (Å²) < 4.78 is 5.63. The molecule has 2 heteroatoms. The van der Waals surface area contributed by atoms with Gasteiger partial charge in [-0.25, -0.2) is 0 Å². The van der Waals surface area contributed by atoms with Gasteiger partial charge in [0.1, 0.15) is 12.4 Å². The van der Waals surface area contributed by atoms with Crippen LogP contribution in [0, 0.1) is 11.8 Å². The highest BCUT2D eigenvalue weighted by atomic mass is 16.5. The molecule has 1 aliphatic carbocycles. The quantitative estimate of drug-likeness (QED) is 0.727. The summed E-state index contributed by atoms with van der Waals surface area (Å²) in [5, 5.41) is 0. The summed E-state index contributed by atoms with van der Waals surface area (Å²) in [4.78, 5) is 11.0. The fourth-order valence-corrected chi connectivity index (χ4v) is 1.90. The van der Waals surface area contributed by atoms with E-state index >= 15 is 0 Å². The molecule has 0 saturated heterocycles. The molecule has 0 N–H and O–H groups in total. The second-order valence-corrected chi connectivity index (χ2v) is 4.22. The Labute approximate surface area is 102 Å². The van der Waals surface area contributed by atoms with E-state index in [1.54, 1.807) is 0 Å². The first-order valence-corrected chi connectivity index (χ1v) is 6.02. The largest absolute Gasteiger partial charge is 0.366 e. The van der Waals surface area contributed by atoms with Crippen LogP contribution in [0.2, 0.25) is 0 Å². The van der Waals surface area contributed by atoms with Gasteiger partial charge in [0.2, 0.25) is 0 Å². The van der Waals surface area contributed by atoms with Gasteiger partial charge in [0.25, 0.3) is 0 Å². The Morgan fingerprint density at radius 1 is 1.18 bits per heavy atom. The molecule has 1 fully saturated rings. The van der Waals surface area contributed by atoms with E-state index < -0.39 is 0 Å². The van der Waals surface area contributed by atoms with Gasteiger partial charge in [0, 0.05) is 18.4 Å². The zero-order valence-electron chi connectivity index (χ0n) is 9.82. The molecule has 1 saturated carbocycles. The minimum Gasteiger partial charge on any atom is -0.366 e. The van der Waals surface area contributed by atoms with E-state index in [1.807, 2.05) is 30.3 Å². The molecule has 0 aromatic heterocycles. The molecule has 0 aliphatic heterocycles. The van der Waals surface area contributed by atoms with E-state index in [4.69, 9.17) is 4.74 Å². The SMILES string of the molecule is O=C1CCC(OCC#Cc2ccccc2)CC1. The highest BCUT2D eigenvalue weighted by Gasteiger charge is 2.18. The fraction of sp³-hybridized carbons (Fsp3) is 0.400. The Kier molecular flexibility index (Phi) is 4.35. The number of rotatable bonds is 2. The van der Waals surface area contributed by atoms with Gasteiger partial charge in [0.15, 0.2) is 0 Å². The van der Waals surface area contributed by atoms with Crippen molar-refractivity contribution in [1.29, 1.82) is 0 Å². The summed E-state index contributed by atoms with van der Waals surface area (Å²) >= 11 is 0. The van der Waals surface area contributed by atoms with Gasteiger partial charge in [-0.15, -0.1) is 0 Å². The smallest absolute Gasteiger partial charge is 0.133 e. The third-order valence-corrected chi connectivity index (χ3v) is 2.89. The molecule has 0 amide bonds. The van der Waals surface area contributed by atoms with Crippen LogP contribution in [0.4, 0.5) is 0 Å². The zero-order chi connectivity index (χ0) is 11.9. The van der Waals surface area contributed by atoms with Crippen molar-refractivity contribution >= 4 is 5.78 Å². The highest BCUT2D eigenvalue weighted by molar-refractivity contribution is 5.79. The number of hydrogen-bond acceptors (Lipinski definition) is 2. The predicted octanol–water partition coefficient (Wildman–Crippen LogP) is 2.57. The molecule has 0 heterocycles. The number of benzene rings is 1.